The lowest BCUT2D eigenvalue weighted by molar-refractivity contribution is -0.143. The molecule has 0 aliphatic rings. The number of primary amides is 1. The number of carboxylic acid groups (broad SMARTS) is 2. The fourth-order valence-corrected chi connectivity index (χ4v) is 4.38. The van der Waals surface area contributed by atoms with Gasteiger partial charge in [-0.2, -0.15) is 0 Å². The minimum absolute atomic E-state index is 0.00146. The maximum absolute atomic E-state index is 13.4. The molecule has 1 aromatic carbocycles. The summed E-state index contributed by atoms with van der Waals surface area (Å²) in [5, 5.41) is 37.9. The Morgan fingerprint density at radius 3 is 1.83 bits per heavy atom. The number of hydrogen-bond acceptors (Lipinski definition) is 9. The average molecular weight is 651 g/mol. The molecule has 46 heavy (non-hydrogen) atoms. The van der Waals surface area contributed by atoms with E-state index >= 15 is 0 Å². The van der Waals surface area contributed by atoms with Gasteiger partial charge in [0.15, 0.2) is 0 Å². The van der Waals surface area contributed by atoms with Crippen LogP contribution in [0, 0.1) is 11.8 Å². The van der Waals surface area contributed by atoms with E-state index in [0.29, 0.717) is 12.0 Å². The van der Waals surface area contributed by atoms with Crippen molar-refractivity contribution in [1.29, 1.82) is 0 Å². The smallest absolute Gasteiger partial charge is 0.326 e. The van der Waals surface area contributed by atoms with Crippen LogP contribution in [0.25, 0.3) is 0 Å². The van der Waals surface area contributed by atoms with Crippen molar-refractivity contribution >= 4 is 41.5 Å². The number of rotatable bonds is 20. The summed E-state index contributed by atoms with van der Waals surface area (Å²) in [6, 6.07) is -0.982. The highest BCUT2D eigenvalue weighted by atomic mass is 16.4. The van der Waals surface area contributed by atoms with Crippen molar-refractivity contribution in [2.45, 2.75) is 96.4 Å². The molecule has 1 rings (SSSR count). The topological polar surface area (TPSA) is 280 Å². The number of amides is 5. The zero-order valence-corrected chi connectivity index (χ0v) is 26.4. The minimum atomic E-state index is -1.68. The second kappa shape index (κ2) is 18.9. The van der Waals surface area contributed by atoms with Crippen molar-refractivity contribution in [2.24, 2.45) is 23.3 Å². The van der Waals surface area contributed by atoms with Crippen LogP contribution in [-0.2, 0) is 40.0 Å². The third-order valence-corrected chi connectivity index (χ3v) is 7.17. The second-order valence-electron chi connectivity index (χ2n) is 11.6. The molecule has 0 aliphatic heterocycles. The highest BCUT2D eigenvalue weighted by Gasteiger charge is 2.34. The van der Waals surface area contributed by atoms with E-state index in [2.05, 4.69) is 21.3 Å². The quantitative estimate of drug-likeness (QED) is 0.0835. The molecule has 0 aliphatic carbocycles. The number of nitrogens with one attached hydrogen (secondary N) is 4. The fraction of sp³-hybridized carbons (Fsp3) is 0.567. The first kappa shape index (κ1) is 39.3. The van der Waals surface area contributed by atoms with E-state index in [-0.39, 0.29) is 37.4 Å². The summed E-state index contributed by atoms with van der Waals surface area (Å²) in [5.41, 5.74) is 11.8. The molecule has 0 saturated carbocycles. The van der Waals surface area contributed by atoms with E-state index in [4.69, 9.17) is 11.5 Å². The number of phenols is 1. The van der Waals surface area contributed by atoms with Crippen LogP contribution < -0.4 is 32.7 Å². The molecule has 0 spiro atoms. The Hall–Kier alpha value is -4.73. The summed E-state index contributed by atoms with van der Waals surface area (Å²) in [6.07, 6.45) is -1.05. The highest BCUT2D eigenvalue weighted by molar-refractivity contribution is 5.96. The van der Waals surface area contributed by atoms with Gasteiger partial charge in [-0.25, -0.2) is 4.79 Å². The van der Waals surface area contributed by atoms with E-state index in [1.807, 2.05) is 0 Å². The Bertz CT molecular complexity index is 1240. The highest BCUT2D eigenvalue weighted by Crippen LogP contribution is 2.13. The number of carbonyl (C=O) groups excluding carboxylic acids is 5. The maximum atomic E-state index is 13.4. The van der Waals surface area contributed by atoms with Gasteiger partial charge in [0, 0.05) is 6.42 Å². The summed E-state index contributed by atoms with van der Waals surface area (Å²) in [5.74, 6) is -7.69. The Morgan fingerprint density at radius 1 is 0.783 bits per heavy atom. The van der Waals surface area contributed by atoms with Gasteiger partial charge in [-0.15, -0.1) is 0 Å². The van der Waals surface area contributed by atoms with Crippen LogP contribution in [-0.4, -0.2) is 87.0 Å². The number of aliphatic carboxylic acids is 2. The predicted octanol–water partition coefficient (Wildman–Crippen LogP) is -0.882. The van der Waals surface area contributed by atoms with Gasteiger partial charge in [-0.05, 0) is 48.8 Å². The molecule has 0 unspecified atom stereocenters. The first-order valence-electron chi connectivity index (χ1n) is 14.9. The van der Waals surface area contributed by atoms with Crippen LogP contribution in [0.4, 0.5) is 0 Å². The SMILES string of the molecule is CC[C@H](C)[C@H](NC(=O)[C@H](CCC(N)=O)NC(=O)[C@H](CC(=O)O)NC(=O)[C@@H](N)Cc1ccc(O)cc1)C(=O)N[C@@H](CC(C)C)C(=O)O. The van der Waals surface area contributed by atoms with E-state index in [1.165, 1.54) is 24.3 Å². The van der Waals surface area contributed by atoms with E-state index < -0.39 is 84.0 Å². The number of benzene rings is 1. The molecule has 5 amide bonds. The molecule has 0 heterocycles. The molecule has 6 atom stereocenters. The van der Waals surface area contributed by atoms with Crippen LogP contribution in [0.5, 0.6) is 5.75 Å². The van der Waals surface area contributed by atoms with E-state index in [0.717, 1.165) is 0 Å². The van der Waals surface area contributed by atoms with Gasteiger partial charge in [-0.1, -0.05) is 46.2 Å². The third kappa shape index (κ3) is 13.9. The van der Waals surface area contributed by atoms with Crippen molar-refractivity contribution in [3.63, 3.8) is 0 Å². The summed E-state index contributed by atoms with van der Waals surface area (Å²) < 4.78 is 0. The van der Waals surface area contributed by atoms with Crippen molar-refractivity contribution in [1.82, 2.24) is 21.3 Å². The van der Waals surface area contributed by atoms with Gasteiger partial charge < -0.3 is 48.1 Å². The van der Waals surface area contributed by atoms with Gasteiger partial charge in [0.2, 0.25) is 29.5 Å². The Labute approximate surface area is 267 Å². The van der Waals surface area contributed by atoms with E-state index in [9.17, 15) is 48.9 Å². The zero-order valence-electron chi connectivity index (χ0n) is 26.4. The summed E-state index contributed by atoms with van der Waals surface area (Å²) >= 11 is 0. The van der Waals surface area contributed by atoms with Gasteiger partial charge >= 0.3 is 11.9 Å². The van der Waals surface area contributed by atoms with Crippen molar-refractivity contribution in [2.75, 3.05) is 0 Å². The third-order valence-electron chi connectivity index (χ3n) is 7.17. The number of phenolic OH excluding ortho intramolecular Hbond substituents is 1. The summed E-state index contributed by atoms with van der Waals surface area (Å²) in [4.78, 5) is 87.4. The largest absolute Gasteiger partial charge is 0.508 e. The van der Waals surface area contributed by atoms with E-state index in [1.54, 1.807) is 27.7 Å². The van der Waals surface area contributed by atoms with Crippen LogP contribution >= 0.6 is 0 Å². The number of aromatic hydroxyl groups is 1. The lowest BCUT2D eigenvalue weighted by atomic mass is 9.96. The molecular weight excluding hydrogens is 604 g/mol. The molecule has 16 nitrogen and oxygen atoms in total. The molecule has 16 heteroatoms. The fourth-order valence-electron chi connectivity index (χ4n) is 4.38. The van der Waals surface area contributed by atoms with Crippen LogP contribution in [0.3, 0.4) is 0 Å². The first-order valence-corrected chi connectivity index (χ1v) is 14.9. The Kier molecular flexibility index (Phi) is 16.2. The van der Waals surface area contributed by atoms with Gasteiger partial charge in [-0.3, -0.25) is 28.8 Å². The minimum Gasteiger partial charge on any atom is -0.508 e. The Balaban J connectivity index is 3.17. The molecule has 0 saturated heterocycles. The molecule has 11 N–H and O–H groups in total. The maximum Gasteiger partial charge on any atom is 0.326 e. The summed E-state index contributed by atoms with van der Waals surface area (Å²) in [6.45, 7) is 6.97. The van der Waals surface area contributed by atoms with Crippen LogP contribution in [0.15, 0.2) is 24.3 Å². The Morgan fingerprint density at radius 2 is 1.33 bits per heavy atom. The zero-order chi connectivity index (χ0) is 35.1. The molecule has 256 valence electrons. The first-order chi connectivity index (χ1) is 21.4. The van der Waals surface area contributed by atoms with Crippen molar-refractivity contribution in [3.8, 4) is 5.75 Å². The molecule has 0 fully saturated rings. The standard InChI is InChI=1S/C30H46N6O10/c1-5-16(4)25(29(44)35-22(30(45)46)12-15(2)3)36-27(42)20(10-11-23(32)38)33-28(43)21(14-24(39)40)34-26(41)19(31)13-17-6-8-18(37)9-7-17/h6-9,15-16,19-22,25,37H,5,10-14,31H2,1-4H3,(H2,32,38)(H,33,43)(H,34,41)(H,35,44)(H,36,42)(H,39,40)(H,45,46)/t16-,19-,20-,21-,22-,25-/m0/s1. The lowest BCUT2D eigenvalue weighted by Crippen LogP contribution is -2.60. The molecular formula is C30H46N6O10. The number of hydrogen-bond donors (Lipinski definition) is 9. The second-order valence-corrected chi connectivity index (χ2v) is 11.6. The molecule has 0 bridgehead atoms. The number of carbonyl (C=O) groups is 7. The normalized spacial score (nSPS) is 14.9. The monoisotopic (exact) mass is 650 g/mol. The predicted molar refractivity (Wildman–Crippen MR) is 165 cm³/mol. The molecule has 0 aromatic heterocycles. The number of nitrogens with two attached hydrogens (primary N) is 2. The van der Waals surface area contributed by atoms with Crippen molar-refractivity contribution in [3.05, 3.63) is 29.8 Å². The lowest BCUT2D eigenvalue weighted by Gasteiger charge is -2.28. The average Bonchev–Trinajstić information content (AvgIpc) is 2.96. The summed E-state index contributed by atoms with van der Waals surface area (Å²) in [7, 11) is 0. The number of carboxylic acids is 2. The van der Waals surface area contributed by atoms with Gasteiger partial charge in [0.1, 0.15) is 29.9 Å². The van der Waals surface area contributed by atoms with Crippen LogP contribution in [0.1, 0.15) is 65.4 Å². The molecule has 0 radical (unpaired) electrons. The van der Waals surface area contributed by atoms with Gasteiger partial charge in [0.05, 0.1) is 12.5 Å². The van der Waals surface area contributed by atoms with Gasteiger partial charge in [0.25, 0.3) is 0 Å². The van der Waals surface area contributed by atoms with Crippen LogP contribution in [0.2, 0.25) is 0 Å². The molecule has 1 aromatic rings. The van der Waals surface area contributed by atoms with Crippen molar-refractivity contribution < 1.29 is 48.9 Å².